The summed E-state index contributed by atoms with van der Waals surface area (Å²) in [6.45, 7) is 15.0. The standard InChI is InChI=1S/C36H39N2O3/c1-33(2,3)20-23-14-11-15-25-24(23)16-17-27-29(25)31(38(7)35(5)34(27,4)36(35,39)40-8)30-26-18-21-12-9-10-13-22(21)19-28(26)41-32(30)37-6/h9-19,30,32,39H,6,20H2,1-5,7-8H3/q+1. The number of likely N-dealkylation sites (N-methyl/N-ethyl adjacent to an activating group) is 1. The largest absolute Gasteiger partial charge is 0.467 e. The molecule has 2 aliphatic heterocycles. The maximum absolute atomic E-state index is 12.1. The van der Waals surface area contributed by atoms with Crippen LogP contribution in [0.1, 0.15) is 62.8 Å². The van der Waals surface area contributed by atoms with Crippen molar-refractivity contribution in [1.29, 1.82) is 0 Å². The van der Waals surface area contributed by atoms with E-state index in [0.29, 0.717) is 0 Å². The first-order valence-electron chi connectivity index (χ1n) is 14.5. The molecule has 5 heteroatoms. The van der Waals surface area contributed by atoms with E-state index in [4.69, 9.17) is 9.47 Å². The molecule has 1 fully saturated rings. The lowest BCUT2D eigenvalue weighted by molar-refractivity contribution is -0.572. The molecule has 0 spiro atoms. The third-order valence-electron chi connectivity index (χ3n) is 10.5. The van der Waals surface area contributed by atoms with E-state index in [2.05, 4.69) is 119 Å². The first-order valence-corrected chi connectivity index (χ1v) is 14.5. The molecule has 0 aromatic heterocycles. The minimum Gasteiger partial charge on any atom is -0.467 e. The zero-order valence-corrected chi connectivity index (χ0v) is 25.1. The number of hydrogen-bond acceptors (Lipinski definition) is 4. The van der Waals surface area contributed by atoms with Crippen molar-refractivity contribution in [3.63, 3.8) is 0 Å². The number of ether oxygens (including phenoxy) is 2. The van der Waals surface area contributed by atoms with Crippen LogP contribution in [0.15, 0.2) is 71.7 Å². The van der Waals surface area contributed by atoms with Crippen LogP contribution in [0, 0.1) is 5.41 Å². The quantitative estimate of drug-likeness (QED) is 0.178. The summed E-state index contributed by atoms with van der Waals surface area (Å²) in [5.74, 6) is -0.751. The van der Waals surface area contributed by atoms with Gasteiger partial charge in [0.2, 0.25) is 17.6 Å². The molecule has 5 nitrogen and oxygen atoms in total. The molecule has 1 N–H and O–H groups in total. The van der Waals surface area contributed by atoms with E-state index in [-0.39, 0.29) is 11.3 Å². The molecule has 5 atom stereocenters. The highest BCUT2D eigenvalue weighted by Crippen LogP contribution is 2.70. The molecule has 0 saturated heterocycles. The van der Waals surface area contributed by atoms with Gasteiger partial charge in [0.1, 0.15) is 24.1 Å². The molecule has 0 amide bonds. The topological polar surface area (TPSA) is 54.1 Å². The highest BCUT2D eigenvalue weighted by atomic mass is 16.6. The maximum atomic E-state index is 12.1. The molecular weight excluding hydrogens is 508 g/mol. The van der Waals surface area contributed by atoms with Gasteiger partial charge in [-0.05, 0) is 70.3 Å². The first-order chi connectivity index (χ1) is 19.4. The Balaban J connectivity index is 1.57. The number of aliphatic imine (C=N–C) groups is 1. The van der Waals surface area contributed by atoms with Crippen LogP contribution in [0.3, 0.4) is 0 Å². The summed E-state index contributed by atoms with van der Waals surface area (Å²) in [5.41, 5.74) is 4.53. The van der Waals surface area contributed by atoms with Crippen molar-refractivity contribution < 1.29 is 19.2 Å². The average molecular weight is 548 g/mol. The van der Waals surface area contributed by atoms with Crippen LogP contribution >= 0.6 is 0 Å². The molecule has 4 aromatic rings. The molecular formula is C36H39N2O3+. The van der Waals surface area contributed by atoms with Gasteiger partial charge >= 0.3 is 0 Å². The Hall–Kier alpha value is -3.54. The van der Waals surface area contributed by atoms with Gasteiger partial charge in [-0.1, -0.05) is 75.4 Å². The van der Waals surface area contributed by atoms with E-state index in [1.807, 2.05) is 6.07 Å². The lowest BCUT2D eigenvalue weighted by Gasteiger charge is -2.29. The minimum absolute atomic E-state index is 0.141. The van der Waals surface area contributed by atoms with Crippen LogP contribution in [-0.2, 0) is 16.6 Å². The third-order valence-corrected chi connectivity index (χ3v) is 10.5. The fraction of sp³-hybridized carbons (Fsp3) is 0.389. The molecule has 2 heterocycles. The predicted octanol–water partition coefficient (Wildman–Crippen LogP) is 6.59. The Kier molecular flexibility index (Phi) is 5.32. The van der Waals surface area contributed by atoms with Crippen molar-refractivity contribution in [2.75, 3.05) is 14.2 Å². The summed E-state index contributed by atoms with van der Waals surface area (Å²) in [7, 11) is 3.70. The molecule has 210 valence electrons. The summed E-state index contributed by atoms with van der Waals surface area (Å²) >= 11 is 0. The molecule has 5 unspecified atom stereocenters. The smallest absolute Gasteiger partial charge is 0.249 e. The first kappa shape index (κ1) is 26.4. The number of benzene rings is 4. The highest BCUT2D eigenvalue weighted by molar-refractivity contribution is 6.15. The van der Waals surface area contributed by atoms with E-state index >= 15 is 0 Å². The number of rotatable bonds is 4. The fourth-order valence-corrected chi connectivity index (χ4v) is 8.21. The van der Waals surface area contributed by atoms with Crippen molar-refractivity contribution in [1.82, 2.24) is 0 Å². The predicted molar refractivity (Wildman–Crippen MR) is 166 cm³/mol. The summed E-state index contributed by atoms with van der Waals surface area (Å²) in [5, 5.41) is 16.8. The third kappa shape index (κ3) is 3.14. The Morgan fingerprint density at radius 1 is 1.00 bits per heavy atom. The van der Waals surface area contributed by atoms with Gasteiger partial charge in [0.25, 0.3) is 0 Å². The van der Waals surface area contributed by atoms with Gasteiger partial charge in [-0.2, -0.15) is 0 Å². The molecule has 0 bridgehead atoms. The van der Waals surface area contributed by atoms with Crippen LogP contribution in [0.5, 0.6) is 5.75 Å². The van der Waals surface area contributed by atoms with Gasteiger partial charge in [-0.3, -0.25) is 4.99 Å². The van der Waals surface area contributed by atoms with E-state index in [1.165, 1.54) is 16.3 Å². The minimum atomic E-state index is -1.37. The molecule has 3 aliphatic rings. The normalized spacial score (nSPS) is 30.1. The second kappa shape index (κ2) is 8.27. The molecule has 1 saturated carbocycles. The maximum Gasteiger partial charge on any atom is 0.249 e. The molecule has 1 aliphatic carbocycles. The summed E-state index contributed by atoms with van der Waals surface area (Å²) < 4.78 is 14.7. The SMILES string of the molecule is C=NC1Oc2cc3ccccc3cc2C1C1=[N+](C)C2(C)C(O)(OC)C2(C)c2ccc3c(CC(C)(C)C)cccc3c21. The molecule has 0 radical (unpaired) electrons. The zero-order chi connectivity index (χ0) is 29.1. The zero-order valence-electron chi connectivity index (χ0n) is 25.1. The van der Waals surface area contributed by atoms with Crippen molar-refractivity contribution in [2.45, 2.75) is 69.9 Å². The van der Waals surface area contributed by atoms with Crippen molar-refractivity contribution in [3.8, 4) is 5.75 Å². The molecule has 41 heavy (non-hydrogen) atoms. The van der Waals surface area contributed by atoms with E-state index in [1.54, 1.807) is 7.11 Å². The number of aliphatic hydroxyl groups is 1. The van der Waals surface area contributed by atoms with Gasteiger partial charge in [-0.25, -0.2) is 4.58 Å². The summed E-state index contributed by atoms with van der Waals surface area (Å²) in [6, 6.07) is 23.8. The number of hydrogen-bond donors (Lipinski definition) is 1. The van der Waals surface area contributed by atoms with Crippen LogP contribution in [0.4, 0.5) is 0 Å². The Labute approximate surface area is 242 Å². The van der Waals surface area contributed by atoms with Gasteiger partial charge in [0, 0.05) is 19.6 Å². The van der Waals surface area contributed by atoms with E-state index in [9.17, 15) is 5.11 Å². The highest BCUT2D eigenvalue weighted by Gasteiger charge is 2.94. The number of nitrogens with zero attached hydrogens (tertiary/aromatic N) is 2. The summed E-state index contributed by atoms with van der Waals surface area (Å²) in [6.07, 6.45) is 0.464. The van der Waals surface area contributed by atoms with Gasteiger partial charge < -0.3 is 14.6 Å². The van der Waals surface area contributed by atoms with E-state index in [0.717, 1.165) is 45.3 Å². The van der Waals surface area contributed by atoms with Crippen LogP contribution in [0.25, 0.3) is 21.5 Å². The monoisotopic (exact) mass is 547 g/mol. The second-order valence-electron chi connectivity index (χ2n) is 13.6. The molecule has 4 aromatic carbocycles. The van der Waals surface area contributed by atoms with Crippen LogP contribution in [-0.4, -0.2) is 53.8 Å². The van der Waals surface area contributed by atoms with E-state index < -0.39 is 23.0 Å². The Morgan fingerprint density at radius 2 is 1.71 bits per heavy atom. The fourth-order valence-electron chi connectivity index (χ4n) is 8.21. The summed E-state index contributed by atoms with van der Waals surface area (Å²) in [4.78, 5) is 4.52. The lowest BCUT2D eigenvalue weighted by Crippen LogP contribution is -2.45. The van der Waals surface area contributed by atoms with Gasteiger partial charge in [0.15, 0.2) is 5.71 Å². The van der Waals surface area contributed by atoms with Crippen LogP contribution in [0.2, 0.25) is 0 Å². The van der Waals surface area contributed by atoms with Crippen molar-refractivity contribution in [3.05, 3.63) is 89.0 Å². The average Bonchev–Trinajstić information content (AvgIpc) is 3.16. The lowest BCUT2D eigenvalue weighted by atomic mass is 9.75. The number of fused-ring (bicyclic) bond motifs is 7. The van der Waals surface area contributed by atoms with Crippen molar-refractivity contribution in [2.24, 2.45) is 10.4 Å². The Morgan fingerprint density at radius 3 is 2.37 bits per heavy atom. The van der Waals surface area contributed by atoms with Crippen LogP contribution < -0.4 is 4.74 Å². The van der Waals surface area contributed by atoms with Crippen molar-refractivity contribution >= 4 is 34.0 Å². The Bertz CT molecular complexity index is 1820. The number of methoxy groups -OCH3 is 1. The van der Waals surface area contributed by atoms with Gasteiger partial charge in [-0.15, -0.1) is 0 Å². The van der Waals surface area contributed by atoms with Gasteiger partial charge in [0.05, 0.1) is 5.56 Å². The molecule has 7 rings (SSSR count). The second-order valence-corrected chi connectivity index (χ2v) is 13.6.